The maximum absolute atomic E-state index is 6.10. The van der Waals surface area contributed by atoms with E-state index >= 15 is 0 Å². The molecule has 4 nitrogen and oxygen atoms in total. The number of nitrogens with one attached hydrogen (secondary N) is 1. The average molecular weight is 265 g/mol. The third-order valence-corrected chi connectivity index (χ3v) is 3.24. The largest absolute Gasteiger partial charge is 0.376 e. The number of pyridine rings is 1. The van der Waals surface area contributed by atoms with Gasteiger partial charge in [-0.2, -0.15) is 5.10 Å². The first-order valence-corrected chi connectivity index (χ1v) is 6.39. The highest BCUT2D eigenvalue weighted by atomic mass is 35.5. The van der Waals surface area contributed by atoms with Crippen molar-refractivity contribution in [2.24, 2.45) is 0 Å². The third kappa shape index (κ3) is 2.64. The molecule has 2 rings (SSSR count). The number of hydrogen-bond acceptors (Lipinski definition) is 3. The maximum Gasteiger partial charge on any atom is 0.152 e. The number of nitrogens with zero attached hydrogens (tertiary/aromatic N) is 3. The molecule has 18 heavy (non-hydrogen) atoms. The molecule has 5 heteroatoms. The van der Waals surface area contributed by atoms with Crippen molar-refractivity contribution in [1.82, 2.24) is 14.8 Å². The predicted molar refractivity (Wildman–Crippen MR) is 73.9 cm³/mol. The molecule has 0 aliphatic heterocycles. The highest BCUT2D eigenvalue weighted by molar-refractivity contribution is 6.32. The summed E-state index contributed by atoms with van der Waals surface area (Å²) in [6, 6.07) is 2.09. The van der Waals surface area contributed by atoms with Gasteiger partial charge in [-0.25, -0.2) is 4.98 Å². The lowest BCUT2D eigenvalue weighted by molar-refractivity contribution is 0.658. The Hall–Kier alpha value is -1.55. The molecular formula is C13H17ClN4. The zero-order valence-electron chi connectivity index (χ0n) is 10.8. The van der Waals surface area contributed by atoms with E-state index < -0.39 is 0 Å². The molecule has 0 radical (unpaired) electrons. The molecule has 0 aliphatic carbocycles. The van der Waals surface area contributed by atoms with Gasteiger partial charge in [0.15, 0.2) is 5.15 Å². The second-order valence-corrected chi connectivity index (χ2v) is 4.65. The van der Waals surface area contributed by atoms with Crippen molar-refractivity contribution in [3.63, 3.8) is 0 Å². The molecule has 0 saturated heterocycles. The van der Waals surface area contributed by atoms with Crippen LogP contribution in [-0.2, 0) is 6.54 Å². The number of hydrogen-bond donors (Lipinski definition) is 1. The van der Waals surface area contributed by atoms with Gasteiger partial charge in [-0.15, -0.1) is 0 Å². The van der Waals surface area contributed by atoms with Crippen LogP contribution in [0.4, 0.5) is 5.69 Å². The van der Waals surface area contributed by atoms with Crippen LogP contribution in [0.15, 0.2) is 24.7 Å². The fourth-order valence-corrected chi connectivity index (χ4v) is 2.03. The lowest BCUT2D eigenvalue weighted by Crippen LogP contribution is -2.08. The molecule has 0 saturated carbocycles. The highest BCUT2D eigenvalue weighted by Crippen LogP contribution is 2.27. The molecule has 2 aromatic rings. The fraction of sp³-hybridized carbons (Fsp3) is 0.385. The summed E-state index contributed by atoms with van der Waals surface area (Å²) in [5.74, 6) is 0. The molecule has 1 atom stereocenters. The highest BCUT2D eigenvalue weighted by Gasteiger charge is 2.11. The van der Waals surface area contributed by atoms with Crippen LogP contribution in [0.2, 0.25) is 5.15 Å². The maximum atomic E-state index is 6.10. The van der Waals surface area contributed by atoms with Gasteiger partial charge in [-0.3, -0.25) is 4.68 Å². The van der Waals surface area contributed by atoms with Gasteiger partial charge in [0.25, 0.3) is 0 Å². The first kappa shape index (κ1) is 12.9. The quantitative estimate of drug-likeness (QED) is 0.861. The van der Waals surface area contributed by atoms with E-state index in [-0.39, 0.29) is 6.04 Å². The number of halogens is 1. The molecular weight excluding hydrogens is 248 g/mol. The van der Waals surface area contributed by atoms with Crippen LogP contribution >= 0.6 is 11.6 Å². The van der Waals surface area contributed by atoms with E-state index in [1.165, 1.54) is 0 Å². The molecule has 0 spiro atoms. The number of aromatic nitrogens is 3. The standard InChI is InChI=1S/C13H17ClN4/c1-4-18-8-11(7-16-18)10(3)17-12-9(2)5-6-15-13(12)14/h5-8,10,17H,4H2,1-3H3. The van der Waals surface area contributed by atoms with Gasteiger partial charge in [0, 0.05) is 24.5 Å². The Labute approximate surface area is 112 Å². The second-order valence-electron chi connectivity index (χ2n) is 4.29. The lowest BCUT2D eigenvalue weighted by atomic mass is 10.1. The Bertz CT molecular complexity index is 515. The molecule has 1 unspecified atom stereocenters. The molecule has 2 aromatic heterocycles. The third-order valence-electron chi connectivity index (χ3n) is 2.95. The van der Waals surface area contributed by atoms with Gasteiger partial charge in [0.05, 0.1) is 17.9 Å². The summed E-state index contributed by atoms with van der Waals surface area (Å²) in [5, 5.41) is 8.16. The van der Waals surface area contributed by atoms with Crippen molar-refractivity contribution in [1.29, 1.82) is 0 Å². The summed E-state index contributed by atoms with van der Waals surface area (Å²) in [4.78, 5) is 4.09. The molecule has 96 valence electrons. The van der Waals surface area contributed by atoms with Gasteiger partial charge in [0.2, 0.25) is 0 Å². The summed E-state index contributed by atoms with van der Waals surface area (Å²) in [6.45, 7) is 7.04. The summed E-state index contributed by atoms with van der Waals surface area (Å²) < 4.78 is 1.91. The van der Waals surface area contributed by atoms with Crippen molar-refractivity contribution in [2.75, 3.05) is 5.32 Å². The van der Waals surface area contributed by atoms with Crippen molar-refractivity contribution in [3.8, 4) is 0 Å². The zero-order valence-corrected chi connectivity index (χ0v) is 11.6. The van der Waals surface area contributed by atoms with E-state index in [1.54, 1.807) is 6.20 Å². The van der Waals surface area contributed by atoms with E-state index in [4.69, 9.17) is 11.6 Å². The first-order valence-electron chi connectivity index (χ1n) is 6.01. The van der Waals surface area contributed by atoms with Crippen LogP contribution < -0.4 is 5.32 Å². The minimum atomic E-state index is 0.144. The summed E-state index contributed by atoms with van der Waals surface area (Å²) >= 11 is 6.10. The van der Waals surface area contributed by atoms with Gasteiger partial charge in [-0.1, -0.05) is 11.6 Å². The number of aryl methyl sites for hydroxylation is 2. The molecule has 0 aromatic carbocycles. The first-order chi connectivity index (χ1) is 8.61. The zero-order chi connectivity index (χ0) is 13.1. The van der Waals surface area contributed by atoms with E-state index in [1.807, 2.05) is 30.1 Å². The topological polar surface area (TPSA) is 42.7 Å². The predicted octanol–water partition coefficient (Wildman–Crippen LogP) is 3.43. The molecule has 0 amide bonds. The Morgan fingerprint density at radius 3 is 2.89 bits per heavy atom. The van der Waals surface area contributed by atoms with Crippen LogP contribution in [0.25, 0.3) is 0 Å². The molecule has 2 heterocycles. The summed E-state index contributed by atoms with van der Waals surface area (Å²) in [5.41, 5.74) is 3.11. The monoisotopic (exact) mass is 264 g/mol. The van der Waals surface area contributed by atoms with Crippen molar-refractivity contribution < 1.29 is 0 Å². The van der Waals surface area contributed by atoms with Crippen molar-refractivity contribution >= 4 is 17.3 Å². The lowest BCUT2D eigenvalue weighted by Gasteiger charge is -2.16. The molecule has 0 aliphatic rings. The minimum Gasteiger partial charge on any atom is -0.376 e. The van der Waals surface area contributed by atoms with Gasteiger partial charge >= 0.3 is 0 Å². The fourth-order valence-electron chi connectivity index (χ4n) is 1.77. The average Bonchev–Trinajstić information content (AvgIpc) is 2.82. The molecule has 0 fully saturated rings. The molecule has 1 N–H and O–H groups in total. The van der Waals surface area contributed by atoms with Crippen molar-refractivity contribution in [2.45, 2.75) is 33.4 Å². The van der Waals surface area contributed by atoms with Crippen LogP contribution in [0.5, 0.6) is 0 Å². The van der Waals surface area contributed by atoms with Gasteiger partial charge in [-0.05, 0) is 32.4 Å². The molecule has 0 bridgehead atoms. The van der Waals surface area contributed by atoms with Crippen LogP contribution in [0.1, 0.15) is 31.0 Å². The van der Waals surface area contributed by atoms with E-state index in [2.05, 4.69) is 29.2 Å². The Balaban J connectivity index is 2.18. The minimum absolute atomic E-state index is 0.144. The van der Waals surface area contributed by atoms with E-state index in [0.29, 0.717) is 5.15 Å². The summed E-state index contributed by atoms with van der Waals surface area (Å²) in [7, 11) is 0. The van der Waals surface area contributed by atoms with Crippen LogP contribution in [0.3, 0.4) is 0 Å². The normalized spacial score (nSPS) is 12.4. The van der Waals surface area contributed by atoms with E-state index in [9.17, 15) is 0 Å². The van der Waals surface area contributed by atoms with E-state index in [0.717, 1.165) is 23.4 Å². The van der Waals surface area contributed by atoms with Gasteiger partial charge < -0.3 is 5.32 Å². The second kappa shape index (κ2) is 5.40. The van der Waals surface area contributed by atoms with Crippen LogP contribution in [-0.4, -0.2) is 14.8 Å². The Kier molecular flexibility index (Phi) is 3.87. The number of rotatable bonds is 4. The van der Waals surface area contributed by atoms with Gasteiger partial charge in [0.1, 0.15) is 0 Å². The number of anilines is 1. The van der Waals surface area contributed by atoms with Crippen molar-refractivity contribution in [3.05, 3.63) is 40.9 Å². The Morgan fingerprint density at radius 2 is 2.28 bits per heavy atom. The summed E-state index contributed by atoms with van der Waals surface area (Å²) in [6.07, 6.45) is 5.63. The SMILES string of the molecule is CCn1cc(C(C)Nc2c(C)ccnc2Cl)cn1. The van der Waals surface area contributed by atoms with Crippen LogP contribution in [0, 0.1) is 6.92 Å². The Morgan fingerprint density at radius 1 is 1.50 bits per heavy atom. The smallest absolute Gasteiger partial charge is 0.152 e.